The summed E-state index contributed by atoms with van der Waals surface area (Å²) < 4.78 is 1.43. The first-order valence-corrected chi connectivity index (χ1v) is 4.86. The second-order valence-electron chi connectivity index (χ2n) is 2.74. The molecule has 1 N–H and O–H groups in total. The molecule has 0 saturated carbocycles. The number of carbonyl (C=O) groups excluding carboxylic acids is 1. The van der Waals surface area contributed by atoms with Crippen molar-refractivity contribution in [1.29, 1.82) is 0 Å². The Morgan fingerprint density at radius 2 is 2.27 bits per heavy atom. The predicted octanol–water partition coefficient (Wildman–Crippen LogP) is 1.44. The van der Waals surface area contributed by atoms with Gasteiger partial charge >= 0.3 is 5.97 Å². The summed E-state index contributed by atoms with van der Waals surface area (Å²) in [5.41, 5.74) is -0.0175. The van der Waals surface area contributed by atoms with Crippen LogP contribution in [0.15, 0.2) is 24.4 Å². The third-order valence-corrected chi connectivity index (χ3v) is 2.76. The maximum absolute atomic E-state index is 10.6. The smallest absolute Gasteiger partial charge is 0.356 e. The average molecular weight is 222 g/mol. The van der Waals surface area contributed by atoms with Crippen molar-refractivity contribution < 1.29 is 14.7 Å². The minimum absolute atomic E-state index is 0.0175. The van der Waals surface area contributed by atoms with Crippen LogP contribution in [0, 0.1) is 0 Å². The summed E-state index contributed by atoms with van der Waals surface area (Å²) in [5, 5.41) is 13.2. The number of aldehydes is 1. The van der Waals surface area contributed by atoms with Gasteiger partial charge in [0.05, 0.1) is 4.88 Å². The van der Waals surface area contributed by atoms with Gasteiger partial charge in [-0.05, 0) is 18.2 Å². The van der Waals surface area contributed by atoms with Gasteiger partial charge in [-0.15, -0.1) is 11.3 Å². The molecule has 0 aliphatic carbocycles. The number of carboxylic acids is 1. The van der Waals surface area contributed by atoms with Crippen LogP contribution in [0.25, 0.3) is 5.00 Å². The van der Waals surface area contributed by atoms with Crippen LogP contribution in [0.5, 0.6) is 0 Å². The molecule has 0 atom stereocenters. The van der Waals surface area contributed by atoms with E-state index in [-0.39, 0.29) is 5.69 Å². The molecule has 15 heavy (non-hydrogen) atoms. The number of aromatic carboxylic acids is 1. The van der Waals surface area contributed by atoms with Gasteiger partial charge in [-0.3, -0.25) is 4.79 Å². The lowest BCUT2D eigenvalue weighted by molar-refractivity contribution is 0.0690. The predicted molar refractivity (Wildman–Crippen MR) is 53.8 cm³/mol. The van der Waals surface area contributed by atoms with E-state index in [4.69, 9.17) is 5.11 Å². The van der Waals surface area contributed by atoms with E-state index in [0.29, 0.717) is 9.88 Å². The molecule has 2 aromatic heterocycles. The molecular formula is C9H6N2O3S. The SMILES string of the molecule is O=Cc1ccc(-n2ccc(C(=O)O)n2)s1. The number of hydrogen-bond acceptors (Lipinski definition) is 4. The Bertz CT molecular complexity index is 515. The number of nitrogens with zero attached hydrogens (tertiary/aromatic N) is 2. The minimum atomic E-state index is -1.07. The number of thiophene rings is 1. The standard InChI is InChI=1S/C9H6N2O3S/c12-5-6-1-2-8(15-6)11-4-3-7(10-11)9(13)14/h1-5H,(H,13,14). The highest BCUT2D eigenvalue weighted by molar-refractivity contribution is 7.16. The van der Waals surface area contributed by atoms with E-state index in [0.717, 1.165) is 6.29 Å². The maximum Gasteiger partial charge on any atom is 0.356 e. The Morgan fingerprint density at radius 1 is 1.47 bits per heavy atom. The maximum atomic E-state index is 10.6. The highest BCUT2D eigenvalue weighted by atomic mass is 32.1. The second kappa shape index (κ2) is 3.66. The molecule has 0 radical (unpaired) electrons. The molecule has 76 valence electrons. The van der Waals surface area contributed by atoms with E-state index in [9.17, 15) is 9.59 Å². The van der Waals surface area contributed by atoms with Gasteiger partial charge in [-0.1, -0.05) is 0 Å². The van der Waals surface area contributed by atoms with Gasteiger partial charge in [0.1, 0.15) is 5.00 Å². The van der Waals surface area contributed by atoms with Gasteiger partial charge in [0.15, 0.2) is 12.0 Å². The molecule has 0 spiro atoms. The summed E-state index contributed by atoms with van der Waals surface area (Å²) in [6.45, 7) is 0. The van der Waals surface area contributed by atoms with Crippen molar-refractivity contribution in [3.8, 4) is 5.00 Å². The summed E-state index contributed by atoms with van der Waals surface area (Å²) >= 11 is 1.25. The van der Waals surface area contributed by atoms with Gasteiger partial charge < -0.3 is 5.11 Å². The zero-order chi connectivity index (χ0) is 10.8. The highest BCUT2D eigenvalue weighted by Crippen LogP contribution is 2.18. The zero-order valence-electron chi connectivity index (χ0n) is 7.45. The third-order valence-electron chi connectivity index (χ3n) is 1.76. The van der Waals surface area contributed by atoms with Crippen molar-refractivity contribution in [2.45, 2.75) is 0 Å². The molecule has 6 heteroatoms. The molecule has 0 saturated heterocycles. The summed E-state index contributed by atoms with van der Waals surface area (Å²) in [6.07, 6.45) is 2.29. The molecule has 2 heterocycles. The van der Waals surface area contributed by atoms with E-state index in [1.54, 1.807) is 18.3 Å². The first-order chi connectivity index (χ1) is 7.20. The van der Waals surface area contributed by atoms with Crippen molar-refractivity contribution in [2.75, 3.05) is 0 Å². The van der Waals surface area contributed by atoms with Crippen LogP contribution in [-0.4, -0.2) is 27.1 Å². The Kier molecular flexibility index (Phi) is 2.34. The van der Waals surface area contributed by atoms with E-state index in [1.165, 1.54) is 22.1 Å². The summed E-state index contributed by atoms with van der Waals surface area (Å²) in [5.74, 6) is -1.07. The van der Waals surface area contributed by atoms with E-state index >= 15 is 0 Å². The number of carbonyl (C=O) groups is 2. The monoisotopic (exact) mass is 222 g/mol. The molecule has 0 bridgehead atoms. The normalized spacial score (nSPS) is 10.1. The lowest BCUT2D eigenvalue weighted by atomic mass is 10.5. The number of rotatable bonds is 3. The Hall–Kier alpha value is -1.95. The molecule has 0 unspecified atom stereocenters. The lowest BCUT2D eigenvalue weighted by Crippen LogP contribution is -1.99. The van der Waals surface area contributed by atoms with Crippen molar-refractivity contribution in [3.63, 3.8) is 0 Å². The van der Waals surface area contributed by atoms with E-state index in [1.807, 2.05) is 0 Å². The molecule has 2 aromatic rings. The molecule has 0 aliphatic heterocycles. The molecule has 0 fully saturated rings. The van der Waals surface area contributed by atoms with Crippen LogP contribution in [0.3, 0.4) is 0 Å². The number of aromatic nitrogens is 2. The molecule has 0 aromatic carbocycles. The minimum Gasteiger partial charge on any atom is -0.476 e. The summed E-state index contributed by atoms with van der Waals surface area (Å²) in [4.78, 5) is 21.6. The van der Waals surface area contributed by atoms with Gasteiger partial charge in [-0.25, -0.2) is 9.48 Å². The van der Waals surface area contributed by atoms with Crippen LogP contribution in [0.1, 0.15) is 20.2 Å². The molecule has 2 rings (SSSR count). The highest BCUT2D eigenvalue weighted by Gasteiger charge is 2.08. The fourth-order valence-electron chi connectivity index (χ4n) is 1.09. The average Bonchev–Trinajstić information content (AvgIpc) is 2.86. The Morgan fingerprint density at radius 3 is 2.80 bits per heavy atom. The first kappa shape index (κ1) is 9.60. The van der Waals surface area contributed by atoms with Crippen LogP contribution in [0.4, 0.5) is 0 Å². The molecule has 0 amide bonds. The summed E-state index contributed by atoms with van der Waals surface area (Å²) in [7, 11) is 0. The Labute approximate surface area is 88.6 Å². The van der Waals surface area contributed by atoms with Gasteiger partial charge in [0, 0.05) is 6.20 Å². The first-order valence-electron chi connectivity index (χ1n) is 4.05. The fourth-order valence-corrected chi connectivity index (χ4v) is 1.85. The van der Waals surface area contributed by atoms with Gasteiger partial charge in [-0.2, -0.15) is 5.10 Å². The topological polar surface area (TPSA) is 72.2 Å². The molecule has 0 aliphatic rings. The van der Waals surface area contributed by atoms with Gasteiger partial charge in [0.25, 0.3) is 0 Å². The Balaban J connectivity index is 2.36. The van der Waals surface area contributed by atoms with Crippen LogP contribution >= 0.6 is 11.3 Å². The molecule has 5 nitrogen and oxygen atoms in total. The van der Waals surface area contributed by atoms with Crippen LogP contribution in [-0.2, 0) is 0 Å². The van der Waals surface area contributed by atoms with E-state index < -0.39 is 5.97 Å². The van der Waals surface area contributed by atoms with Crippen molar-refractivity contribution in [1.82, 2.24) is 9.78 Å². The van der Waals surface area contributed by atoms with Crippen LogP contribution < -0.4 is 0 Å². The van der Waals surface area contributed by atoms with Crippen molar-refractivity contribution >= 4 is 23.6 Å². The fraction of sp³-hybridized carbons (Fsp3) is 0. The summed E-state index contributed by atoms with van der Waals surface area (Å²) in [6, 6.07) is 4.78. The second-order valence-corrected chi connectivity index (χ2v) is 3.84. The quantitative estimate of drug-likeness (QED) is 0.797. The van der Waals surface area contributed by atoms with Gasteiger partial charge in [0.2, 0.25) is 0 Å². The lowest BCUT2D eigenvalue weighted by Gasteiger charge is -1.93. The van der Waals surface area contributed by atoms with E-state index in [2.05, 4.69) is 5.10 Å². The third kappa shape index (κ3) is 1.79. The molecular weight excluding hydrogens is 216 g/mol. The van der Waals surface area contributed by atoms with Crippen molar-refractivity contribution in [2.24, 2.45) is 0 Å². The largest absolute Gasteiger partial charge is 0.476 e. The number of hydrogen-bond donors (Lipinski definition) is 1. The zero-order valence-corrected chi connectivity index (χ0v) is 8.27. The van der Waals surface area contributed by atoms with Crippen molar-refractivity contribution in [3.05, 3.63) is 35.0 Å². The van der Waals surface area contributed by atoms with Crippen LogP contribution in [0.2, 0.25) is 0 Å². The number of carboxylic acid groups (broad SMARTS) is 1.